The van der Waals surface area contributed by atoms with Gasteiger partial charge in [0.25, 0.3) is 6.01 Å². The number of fused-ring (bicyclic) bond motifs is 1. The lowest BCUT2D eigenvalue weighted by atomic mass is 10.2. The summed E-state index contributed by atoms with van der Waals surface area (Å²) in [5.41, 5.74) is 7.15. The van der Waals surface area contributed by atoms with E-state index in [1.54, 1.807) is 28.9 Å². The summed E-state index contributed by atoms with van der Waals surface area (Å²) in [6.45, 7) is 1.92. The molecular weight excluding hydrogens is 380 g/mol. The second-order valence-corrected chi connectivity index (χ2v) is 8.07. The average Bonchev–Trinajstić information content (AvgIpc) is 3.07. The second-order valence-electron chi connectivity index (χ2n) is 6.05. The van der Waals surface area contributed by atoms with Crippen LogP contribution in [0.3, 0.4) is 0 Å². The molecule has 9 heteroatoms. The fraction of sp³-hybridized carbons (Fsp3) is 0.105. The van der Waals surface area contributed by atoms with E-state index >= 15 is 0 Å². The van der Waals surface area contributed by atoms with Crippen molar-refractivity contribution in [3.05, 3.63) is 76.8 Å². The highest BCUT2D eigenvalue weighted by Crippen LogP contribution is 2.14. The van der Waals surface area contributed by atoms with Gasteiger partial charge in [0, 0.05) is 6.26 Å². The number of para-hydroxylation sites is 1. The SMILES string of the molecule is Cc1ccc(S(C)(=O)=O)cc1.Nc1nc2c(cnn2-c2ccccc2)c(=O)o1. The molecule has 0 aliphatic heterocycles. The number of sulfone groups is 1. The van der Waals surface area contributed by atoms with Crippen LogP contribution in [0.2, 0.25) is 0 Å². The number of hydrogen-bond donors (Lipinski definition) is 1. The topological polar surface area (TPSA) is 121 Å². The van der Waals surface area contributed by atoms with Gasteiger partial charge in [0.15, 0.2) is 15.5 Å². The second kappa shape index (κ2) is 7.65. The van der Waals surface area contributed by atoms with E-state index in [1.807, 2.05) is 37.3 Å². The van der Waals surface area contributed by atoms with Crippen molar-refractivity contribution in [1.29, 1.82) is 0 Å². The van der Waals surface area contributed by atoms with Crippen LogP contribution >= 0.6 is 0 Å². The Bertz CT molecular complexity index is 1260. The predicted molar refractivity (Wildman–Crippen MR) is 106 cm³/mol. The molecule has 0 radical (unpaired) electrons. The summed E-state index contributed by atoms with van der Waals surface area (Å²) in [6.07, 6.45) is 2.62. The Morgan fingerprint density at radius 1 is 1.04 bits per heavy atom. The van der Waals surface area contributed by atoms with Gasteiger partial charge in [-0.05, 0) is 31.2 Å². The molecule has 2 heterocycles. The average molecular weight is 398 g/mol. The number of nitrogen functional groups attached to an aromatic ring is 1. The summed E-state index contributed by atoms with van der Waals surface area (Å²) >= 11 is 0. The first-order valence-electron chi connectivity index (χ1n) is 8.22. The van der Waals surface area contributed by atoms with Gasteiger partial charge in [0.2, 0.25) is 0 Å². The number of rotatable bonds is 2. The van der Waals surface area contributed by atoms with Crippen molar-refractivity contribution in [2.24, 2.45) is 0 Å². The van der Waals surface area contributed by atoms with E-state index in [1.165, 1.54) is 12.5 Å². The van der Waals surface area contributed by atoms with Crippen LogP contribution in [0.25, 0.3) is 16.7 Å². The fourth-order valence-corrected chi connectivity index (χ4v) is 3.04. The van der Waals surface area contributed by atoms with E-state index < -0.39 is 15.5 Å². The Kier molecular flexibility index (Phi) is 5.27. The van der Waals surface area contributed by atoms with Gasteiger partial charge < -0.3 is 10.2 Å². The molecule has 0 unspecified atom stereocenters. The maximum atomic E-state index is 11.5. The van der Waals surface area contributed by atoms with Crippen LogP contribution in [0.4, 0.5) is 6.01 Å². The standard InChI is InChI=1S/C11H8N4O2.C8H10O2S/c12-11-14-9-8(10(16)17-11)6-13-15(9)7-4-2-1-3-5-7;1-7-3-5-8(6-4-7)11(2,9)10/h1-6H,(H2,12,14);3-6H,1-2H3. The molecule has 4 aromatic rings. The monoisotopic (exact) mass is 398 g/mol. The lowest BCUT2D eigenvalue weighted by molar-refractivity contribution is 0.523. The summed E-state index contributed by atoms with van der Waals surface area (Å²) in [6, 6.07) is 16.0. The lowest BCUT2D eigenvalue weighted by Gasteiger charge is -2.01. The zero-order chi connectivity index (χ0) is 20.3. The van der Waals surface area contributed by atoms with E-state index in [9.17, 15) is 13.2 Å². The van der Waals surface area contributed by atoms with Gasteiger partial charge in [-0.3, -0.25) is 0 Å². The maximum Gasteiger partial charge on any atom is 0.351 e. The Labute approximate surface area is 161 Å². The van der Waals surface area contributed by atoms with Gasteiger partial charge in [-0.15, -0.1) is 0 Å². The Morgan fingerprint density at radius 3 is 2.29 bits per heavy atom. The summed E-state index contributed by atoms with van der Waals surface area (Å²) < 4.78 is 28.1. The molecule has 0 fully saturated rings. The predicted octanol–water partition coefficient (Wildman–Crippen LogP) is 2.35. The minimum atomic E-state index is -3.02. The molecule has 2 aromatic carbocycles. The van der Waals surface area contributed by atoms with Crippen LogP contribution in [0, 0.1) is 6.92 Å². The molecule has 0 atom stereocenters. The molecule has 144 valence electrons. The highest BCUT2D eigenvalue weighted by atomic mass is 32.2. The molecule has 2 aromatic heterocycles. The molecule has 0 aliphatic carbocycles. The van der Waals surface area contributed by atoms with E-state index in [4.69, 9.17) is 10.2 Å². The quantitative estimate of drug-likeness (QED) is 0.550. The molecule has 0 bridgehead atoms. The first kappa shape index (κ1) is 19.3. The summed E-state index contributed by atoms with van der Waals surface area (Å²) in [5.74, 6) is 0. The van der Waals surface area contributed by atoms with E-state index in [0.29, 0.717) is 15.9 Å². The highest BCUT2D eigenvalue weighted by Gasteiger charge is 2.11. The minimum Gasteiger partial charge on any atom is -0.389 e. The van der Waals surface area contributed by atoms with Gasteiger partial charge in [0.1, 0.15) is 5.39 Å². The summed E-state index contributed by atoms with van der Waals surface area (Å²) in [4.78, 5) is 15.9. The zero-order valence-corrected chi connectivity index (χ0v) is 16.1. The lowest BCUT2D eigenvalue weighted by Crippen LogP contribution is -2.06. The fourth-order valence-electron chi connectivity index (χ4n) is 2.41. The molecule has 2 N–H and O–H groups in total. The zero-order valence-electron chi connectivity index (χ0n) is 15.2. The van der Waals surface area contributed by atoms with Crippen LogP contribution in [0.15, 0.2) is 74.9 Å². The van der Waals surface area contributed by atoms with Crippen LogP contribution in [-0.4, -0.2) is 29.4 Å². The smallest absolute Gasteiger partial charge is 0.351 e. The third-order valence-corrected chi connectivity index (χ3v) is 4.96. The van der Waals surface area contributed by atoms with Crippen molar-refractivity contribution in [3.8, 4) is 5.69 Å². The number of nitrogens with zero attached hydrogens (tertiary/aromatic N) is 3. The third kappa shape index (κ3) is 4.26. The summed E-state index contributed by atoms with van der Waals surface area (Å²) in [5, 5.41) is 4.41. The van der Waals surface area contributed by atoms with Crippen molar-refractivity contribution in [2.45, 2.75) is 11.8 Å². The van der Waals surface area contributed by atoms with Gasteiger partial charge in [-0.1, -0.05) is 35.9 Å². The number of anilines is 1. The first-order valence-corrected chi connectivity index (χ1v) is 10.1. The molecule has 0 saturated carbocycles. The number of aromatic nitrogens is 3. The Morgan fingerprint density at radius 2 is 1.68 bits per heavy atom. The summed E-state index contributed by atoms with van der Waals surface area (Å²) in [7, 11) is -3.02. The van der Waals surface area contributed by atoms with Crippen molar-refractivity contribution in [1.82, 2.24) is 14.8 Å². The number of aryl methyl sites for hydroxylation is 1. The third-order valence-electron chi connectivity index (χ3n) is 3.83. The molecule has 0 spiro atoms. The molecule has 0 saturated heterocycles. The molecular formula is C19H18N4O4S. The number of hydrogen-bond acceptors (Lipinski definition) is 7. The van der Waals surface area contributed by atoms with Crippen molar-refractivity contribution in [3.63, 3.8) is 0 Å². The van der Waals surface area contributed by atoms with Crippen LogP contribution in [-0.2, 0) is 9.84 Å². The molecule has 0 aliphatic rings. The van der Waals surface area contributed by atoms with Crippen LogP contribution in [0.5, 0.6) is 0 Å². The number of benzene rings is 2. The van der Waals surface area contributed by atoms with Crippen molar-refractivity contribution >= 4 is 26.9 Å². The normalized spacial score (nSPS) is 11.1. The molecule has 8 nitrogen and oxygen atoms in total. The minimum absolute atomic E-state index is 0.166. The largest absolute Gasteiger partial charge is 0.389 e. The maximum absolute atomic E-state index is 11.5. The van der Waals surface area contributed by atoms with Crippen LogP contribution in [0.1, 0.15) is 5.56 Å². The van der Waals surface area contributed by atoms with Gasteiger partial charge in [0.05, 0.1) is 16.8 Å². The Hall–Kier alpha value is -3.46. The van der Waals surface area contributed by atoms with Gasteiger partial charge in [-0.25, -0.2) is 17.9 Å². The number of nitrogens with two attached hydrogens (primary N) is 1. The molecule has 28 heavy (non-hydrogen) atoms. The van der Waals surface area contributed by atoms with Crippen molar-refractivity contribution in [2.75, 3.05) is 12.0 Å². The van der Waals surface area contributed by atoms with E-state index in [2.05, 4.69) is 10.1 Å². The molecule has 0 amide bonds. The molecule has 4 rings (SSSR count). The van der Waals surface area contributed by atoms with E-state index in [0.717, 1.165) is 11.3 Å². The van der Waals surface area contributed by atoms with Crippen LogP contribution < -0.4 is 11.4 Å². The first-order chi connectivity index (χ1) is 13.3. The van der Waals surface area contributed by atoms with Crippen molar-refractivity contribution < 1.29 is 12.8 Å². The highest BCUT2D eigenvalue weighted by molar-refractivity contribution is 7.90. The van der Waals surface area contributed by atoms with Gasteiger partial charge in [-0.2, -0.15) is 10.1 Å². The Balaban J connectivity index is 0.000000178. The van der Waals surface area contributed by atoms with Gasteiger partial charge >= 0.3 is 5.63 Å². The van der Waals surface area contributed by atoms with E-state index in [-0.39, 0.29) is 6.01 Å².